The Balaban J connectivity index is 1.96. The van der Waals surface area contributed by atoms with Crippen LogP contribution in [0.4, 0.5) is 0 Å². The van der Waals surface area contributed by atoms with Gasteiger partial charge >= 0.3 is 0 Å². The van der Waals surface area contributed by atoms with Gasteiger partial charge in [0.2, 0.25) is 0 Å². The summed E-state index contributed by atoms with van der Waals surface area (Å²) >= 11 is 0. The van der Waals surface area contributed by atoms with Gasteiger partial charge in [-0.2, -0.15) is 0 Å². The van der Waals surface area contributed by atoms with Crippen LogP contribution in [0.25, 0.3) is 0 Å². The first kappa shape index (κ1) is 9.05. The maximum atomic E-state index is 5.02. The van der Waals surface area contributed by atoms with E-state index in [9.17, 15) is 0 Å². The molecule has 1 heteroatoms. The number of hydrogen-bond acceptors (Lipinski definition) is 1. The molecule has 0 heterocycles. The van der Waals surface area contributed by atoms with E-state index in [-0.39, 0.29) is 0 Å². The van der Waals surface area contributed by atoms with Gasteiger partial charge in [-0.15, -0.1) is 0 Å². The fourth-order valence-corrected chi connectivity index (χ4v) is 1.77. The minimum Gasteiger partial charge on any atom is -0.385 e. The molecule has 11 heavy (non-hydrogen) atoms. The number of hydrogen-bond donors (Lipinski definition) is 0. The maximum absolute atomic E-state index is 5.02. The summed E-state index contributed by atoms with van der Waals surface area (Å²) in [5, 5.41) is 0. The van der Waals surface area contributed by atoms with Crippen LogP contribution in [0.1, 0.15) is 44.9 Å². The Morgan fingerprint density at radius 3 is 2.55 bits per heavy atom. The molecule has 0 spiro atoms. The predicted octanol–water partition coefficient (Wildman–Crippen LogP) is 2.95. The topological polar surface area (TPSA) is 9.23 Å². The molecule has 1 nitrogen and oxygen atoms in total. The normalized spacial score (nSPS) is 20.5. The molecule has 1 rings (SSSR count). The highest BCUT2D eigenvalue weighted by Crippen LogP contribution is 2.28. The van der Waals surface area contributed by atoms with Crippen LogP contribution < -0.4 is 0 Å². The SMILES string of the molecule is COCCC[C]1CCCCC1. The van der Waals surface area contributed by atoms with Crippen LogP contribution in [0, 0.1) is 5.92 Å². The van der Waals surface area contributed by atoms with Gasteiger partial charge in [0, 0.05) is 13.7 Å². The zero-order chi connectivity index (χ0) is 7.94. The molecule has 1 fully saturated rings. The molecule has 0 unspecified atom stereocenters. The van der Waals surface area contributed by atoms with Crippen molar-refractivity contribution in [1.29, 1.82) is 0 Å². The lowest BCUT2D eigenvalue weighted by molar-refractivity contribution is 0.192. The van der Waals surface area contributed by atoms with Gasteiger partial charge in [-0.1, -0.05) is 19.3 Å². The zero-order valence-electron chi connectivity index (χ0n) is 7.57. The van der Waals surface area contributed by atoms with Crippen LogP contribution >= 0.6 is 0 Å². The van der Waals surface area contributed by atoms with Crippen LogP contribution in [0.2, 0.25) is 0 Å². The lowest BCUT2D eigenvalue weighted by Gasteiger charge is -2.20. The third-order valence-electron chi connectivity index (χ3n) is 2.44. The van der Waals surface area contributed by atoms with Crippen molar-refractivity contribution in [1.82, 2.24) is 0 Å². The standard InChI is InChI=1S/C10H19O/c1-11-9-5-8-10-6-3-2-4-7-10/h2-9H2,1H3. The highest BCUT2D eigenvalue weighted by atomic mass is 16.5. The molecule has 0 bridgehead atoms. The van der Waals surface area contributed by atoms with Crippen molar-refractivity contribution >= 4 is 0 Å². The van der Waals surface area contributed by atoms with E-state index in [1.165, 1.54) is 44.9 Å². The van der Waals surface area contributed by atoms with E-state index in [4.69, 9.17) is 4.74 Å². The Kier molecular flexibility index (Phi) is 4.60. The Morgan fingerprint density at radius 1 is 1.18 bits per heavy atom. The Hall–Kier alpha value is -0.0400. The second kappa shape index (κ2) is 5.59. The lowest BCUT2D eigenvalue weighted by Crippen LogP contribution is -2.04. The third kappa shape index (κ3) is 3.76. The summed E-state index contributed by atoms with van der Waals surface area (Å²) in [7, 11) is 1.78. The number of rotatable bonds is 4. The average Bonchev–Trinajstić information content (AvgIpc) is 2.07. The molecule has 0 N–H and O–H groups in total. The predicted molar refractivity (Wildman–Crippen MR) is 47.4 cm³/mol. The Labute approximate surface area is 70.1 Å². The zero-order valence-corrected chi connectivity index (χ0v) is 7.57. The molecule has 0 aromatic heterocycles. The minimum atomic E-state index is 0.934. The van der Waals surface area contributed by atoms with Gasteiger partial charge in [-0.05, 0) is 31.6 Å². The highest BCUT2D eigenvalue weighted by molar-refractivity contribution is 4.91. The summed E-state index contributed by atoms with van der Waals surface area (Å²) in [5.41, 5.74) is 0. The fourth-order valence-electron chi connectivity index (χ4n) is 1.77. The van der Waals surface area contributed by atoms with Crippen molar-refractivity contribution in [3.8, 4) is 0 Å². The van der Waals surface area contributed by atoms with Gasteiger partial charge in [0.05, 0.1) is 0 Å². The molecule has 1 saturated carbocycles. The van der Waals surface area contributed by atoms with Crippen molar-refractivity contribution in [2.24, 2.45) is 0 Å². The lowest BCUT2D eigenvalue weighted by atomic mass is 9.86. The number of ether oxygens (including phenoxy) is 1. The van der Waals surface area contributed by atoms with Gasteiger partial charge in [-0.25, -0.2) is 0 Å². The molecule has 0 aromatic carbocycles. The van der Waals surface area contributed by atoms with Gasteiger partial charge in [0.15, 0.2) is 0 Å². The summed E-state index contributed by atoms with van der Waals surface area (Å²) in [6, 6.07) is 0. The van der Waals surface area contributed by atoms with E-state index < -0.39 is 0 Å². The number of methoxy groups -OCH3 is 1. The molecular weight excluding hydrogens is 136 g/mol. The first-order valence-electron chi connectivity index (χ1n) is 4.76. The van der Waals surface area contributed by atoms with E-state index in [2.05, 4.69) is 0 Å². The highest BCUT2D eigenvalue weighted by Gasteiger charge is 2.12. The molecular formula is C10H19O. The average molecular weight is 155 g/mol. The van der Waals surface area contributed by atoms with Gasteiger partial charge in [0.25, 0.3) is 0 Å². The van der Waals surface area contributed by atoms with Crippen LogP contribution in [0.3, 0.4) is 0 Å². The minimum absolute atomic E-state index is 0.934. The van der Waals surface area contributed by atoms with E-state index in [1.807, 2.05) is 0 Å². The van der Waals surface area contributed by atoms with Crippen molar-refractivity contribution in [3.05, 3.63) is 5.92 Å². The largest absolute Gasteiger partial charge is 0.385 e. The van der Waals surface area contributed by atoms with E-state index >= 15 is 0 Å². The summed E-state index contributed by atoms with van der Waals surface area (Å²) in [4.78, 5) is 0. The summed E-state index contributed by atoms with van der Waals surface area (Å²) in [5.74, 6) is 1.79. The van der Waals surface area contributed by atoms with Gasteiger partial charge in [0.1, 0.15) is 0 Å². The molecule has 1 aliphatic rings. The first-order chi connectivity index (χ1) is 5.43. The maximum Gasteiger partial charge on any atom is 0.0462 e. The quantitative estimate of drug-likeness (QED) is 0.567. The molecule has 0 atom stereocenters. The summed E-state index contributed by atoms with van der Waals surface area (Å²) in [6.45, 7) is 0.934. The molecule has 0 amide bonds. The van der Waals surface area contributed by atoms with Crippen molar-refractivity contribution < 1.29 is 4.74 Å². The van der Waals surface area contributed by atoms with Crippen molar-refractivity contribution in [2.45, 2.75) is 44.9 Å². The van der Waals surface area contributed by atoms with E-state index in [0.29, 0.717) is 0 Å². The molecule has 1 radical (unpaired) electrons. The second-order valence-corrected chi connectivity index (χ2v) is 3.41. The Morgan fingerprint density at radius 2 is 1.91 bits per heavy atom. The third-order valence-corrected chi connectivity index (χ3v) is 2.44. The molecule has 0 saturated heterocycles. The molecule has 0 aliphatic heterocycles. The summed E-state index contributed by atoms with van der Waals surface area (Å²) < 4.78 is 5.02. The van der Waals surface area contributed by atoms with E-state index in [0.717, 1.165) is 6.61 Å². The van der Waals surface area contributed by atoms with Gasteiger partial charge < -0.3 is 4.74 Å². The Bertz CT molecular complexity index is 84.9. The fraction of sp³-hybridized carbons (Fsp3) is 0.900. The monoisotopic (exact) mass is 155 g/mol. The smallest absolute Gasteiger partial charge is 0.0462 e. The summed E-state index contributed by atoms with van der Waals surface area (Å²) in [6.07, 6.45) is 9.64. The molecule has 0 aromatic rings. The van der Waals surface area contributed by atoms with Crippen LogP contribution in [-0.2, 0) is 4.74 Å². The van der Waals surface area contributed by atoms with Crippen molar-refractivity contribution in [2.75, 3.05) is 13.7 Å². The van der Waals surface area contributed by atoms with Crippen LogP contribution in [0.5, 0.6) is 0 Å². The van der Waals surface area contributed by atoms with Crippen molar-refractivity contribution in [3.63, 3.8) is 0 Å². The van der Waals surface area contributed by atoms with E-state index in [1.54, 1.807) is 13.0 Å². The van der Waals surface area contributed by atoms with Crippen LogP contribution in [0.15, 0.2) is 0 Å². The second-order valence-electron chi connectivity index (χ2n) is 3.41. The first-order valence-corrected chi connectivity index (χ1v) is 4.76. The van der Waals surface area contributed by atoms with Crippen LogP contribution in [-0.4, -0.2) is 13.7 Å². The van der Waals surface area contributed by atoms with Gasteiger partial charge in [-0.3, -0.25) is 0 Å². The molecule has 1 aliphatic carbocycles. The molecule has 65 valence electrons.